The van der Waals surface area contributed by atoms with Gasteiger partial charge in [-0.05, 0) is 139 Å². The van der Waals surface area contributed by atoms with E-state index in [0.717, 1.165) is 11.4 Å². The van der Waals surface area contributed by atoms with E-state index in [4.69, 9.17) is 0 Å². The number of para-hydroxylation sites is 1. The molecular weight excluding hydrogens is 893 g/mol. The fourth-order valence-electron chi connectivity index (χ4n) is 11.4. The van der Waals surface area contributed by atoms with Gasteiger partial charge in [-0.3, -0.25) is 0 Å². The van der Waals surface area contributed by atoms with Crippen LogP contribution in [0.1, 0.15) is 0 Å². The minimum Gasteiger partial charge on any atom is -0.309 e. The van der Waals surface area contributed by atoms with E-state index in [1.807, 2.05) is 0 Å². The van der Waals surface area contributed by atoms with Crippen molar-refractivity contribution in [1.82, 2.24) is 9.13 Å². The molecule has 2 heteroatoms. The Hall–Kier alpha value is -9.76. The quantitative estimate of drug-likeness (QED) is 0.136. The summed E-state index contributed by atoms with van der Waals surface area (Å²) in [6.07, 6.45) is 0. The fourth-order valence-corrected chi connectivity index (χ4v) is 11.4. The molecule has 0 N–H and O–H groups in total. The Morgan fingerprint density at radius 3 is 1.12 bits per heavy atom. The molecule has 0 saturated heterocycles. The van der Waals surface area contributed by atoms with Gasteiger partial charge >= 0.3 is 0 Å². The van der Waals surface area contributed by atoms with Crippen LogP contribution < -0.4 is 0 Å². The first kappa shape index (κ1) is 43.1. The Morgan fingerprint density at radius 1 is 0.189 bits per heavy atom. The maximum atomic E-state index is 2.45. The summed E-state index contributed by atoms with van der Waals surface area (Å²) in [7, 11) is 0. The van der Waals surface area contributed by atoms with Crippen LogP contribution in [0.2, 0.25) is 0 Å². The first-order chi connectivity index (χ1) is 36.7. The third-order valence-electron chi connectivity index (χ3n) is 15.0. The highest BCUT2D eigenvalue weighted by atomic mass is 15.0. The molecule has 2 nitrogen and oxygen atoms in total. The van der Waals surface area contributed by atoms with Gasteiger partial charge in [-0.2, -0.15) is 0 Å². The molecule has 0 aliphatic rings. The van der Waals surface area contributed by atoms with Crippen molar-refractivity contribution in [3.05, 3.63) is 291 Å². The third kappa shape index (κ3) is 7.52. The van der Waals surface area contributed by atoms with Gasteiger partial charge in [-0.15, -0.1) is 0 Å². The molecular formula is C72H48N2. The van der Waals surface area contributed by atoms with Gasteiger partial charge in [0.2, 0.25) is 0 Å². The summed E-state index contributed by atoms with van der Waals surface area (Å²) in [6, 6.07) is 106. The Morgan fingerprint density at radius 2 is 0.554 bits per heavy atom. The van der Waals surface area contributed by atoms with Gasteiger partial charge in [-0.25, -0.2) is 0 Å². The summed E-state index contributed by atoms with van der Waals surface area (Å²) < 4.78 is 4.89. The molecule has 0 fully saturated rings. The van der Waals surface area contributed by atoms with Gasteiger partial charge < -0.3 is 9.13 Å². The number of benzene rings is 12. The average Bonchev–Trinajstić information content (AvgIpc) is 4.03. The molecule has 346 valence electrons. The van der Waals surface area contributed by atoms with E-state index < -0.39 is 0 Å². The summed E-state index contributed by atoms with van der Waals surface area (Å²) in [5, 5.41) is 4.92. The highest BCUT2D eigenvalue weighted by molar-refractivity contribution is 6.17. The molecule has 0 aliphatic carbocycles. The van der Waals surface area contributed by atoms with Crippen LogP contribution in [-0.4, -0.2) is 9.13 Å². The van der Waals surface area contributed by atoms with Crippen molar-refractivity contribution in [2.24, 2.45) is 0 Å². The molecule has 0 saturated carbocycles. The third-order valence-corrected chi connectivity index (χ3v) is 15.0. The number of aromatic nitrogens is 2. The summed E-state index contributed by atoms with van der Waals surface area (Å²) in [5.41, 5.74) is 23.8. The highest BCUT2D eigenvalue weighted by Gasteiger charge is 2.20. The second-order valence-corrected chi connectivity index (χ2v) is 19.3. The molecule has 0 amide bonds. The molecule has 14 aromatic rings. The van der Waals surface area contributed by atoms with Gasteiger partial charge in [0.25, 0.3) is 0 Å². The number of nitrogens with zero attached hydrogens (tertiary/aromatic N) is 2. The van der Waals surface area contributed by atoms with E-state index >= 15 is 0 Å². The van der Waals surface area contributed by atoms with Crippen LogP contribution in [0.25, 0.3) is 133 Å². The molecule has 0 spiro atoms. The topological polar surface area (TPSA) is 9.86 Å². The second kappa shape index (κ2) is 18.1. The van der Waals surface area contributed by atoms with E-state index in [2.05, 4.69) is 300 Å². The Labute approximate surface area is 431 Å². The van der Waals surface area contributed by atoms with Crippen molar-refractivity contribution in [2.75, 3.05) is 0 Å². The summed E-state index contributed by atoms with van der Waals surface area (Å²) in [5.74, 6) is 0. The van der Waals surface area contributed by atoms with Gasteiger partial charge in [0, 0.05) is 32.8 Å². The summed E-state index contributed by atoms with van der Waals surface area (Å²) >= 11 is 0. The monoisotopic (exact) mass is 940 g/mol. The van der Waals surface area contributed by atoms with Crippen molar-refractivity contribution in [2.45, 2.75) is 0 Å². The van der Waals surface area contributed by atoms with E-state index in [9.17, 15) is 0 Å². The predicted octanol–water partition coefficient (Wildman–Crippen LogP) is 19.5. The number of rotatable bonds is 9. The van der Waals surface area contributed by atoms with Crippen LogP contribution in [-0.2, 0) is 0 Å². The second-order valence-electron chi connectivity index (χ2n) is 19.3. The Balaban J connectivity index is 0.889. The fraction of sp³-hybridized carbons (Fsp3) is 0. The van der Waals surface area contributed by atoms with Crippen LogP contribution in [0.4, 0.5) is 0 Å². The molecule has 0 radical (unpaired) electrons. The van der Waals surface area contributed by atoms with Crippen molar-refractivity contribution in [3.63, 3.8) is 0 Å². The van der Waals surface area contributed by atoms with Crippen molar-refractivity contribution in [1.29, 1.82) is 0 Å². The van der Waals surface area contributed by atoms with Crippen LogP contribution in [0.15, 0.2) is 291 Å². The SMILES string of the molecule is c1ccc(-c2ccc(-n3c4ccc(-c5ccc(-c6ccc7c(c6)c6cc(-c8ccccc8)ccc6n7-c6ccccc6-c6ccccc6)cc5)cc4c4c(-c5cccc(-c6ccccc6)c5)cccc43)cc2)cc1. The highest BCUT2D eigenvalue weighted by Crippen LogP contribution is 2.43. The molecule has 2 aromatic heterocycles. The van der Waals surface area contributed by atoms with Crippen molar-refractivity contribution in [3.8, 4) is 89.3 Å². The molecule has 74 heavy (non-hydrogen) atoms. The van der Waals surface area contributed by atoms with Crippen molar-refractivity contribution < 1.29 is 0 Å². The van der Waals surface area contributed by atoms with Gasteiger partial charge in [0.05, 0.1) is 27.8 Å². The zero-order chi connectivity index (χ0) is 49.0. The molecule has 2 heterocycles. The van der Waals surface area contributed by atoms with Crippen LogP contribution in [0, 0.1) is 0 Å². The first-order valence-electron chi connectivity index (χ1n) is 25.5. The molecule has 12 aromatic carbocycles. The average molecular weight is 941 g/mol. The molecule has 0 bridgehead atoms. The molecule has 14 rings (SSSR count). The van der Waals surface area contributed by atoms with E-state index in [1.54, 1.807) is 0 Å². The first-order valence-corrected chi connectivity index (χ1v) is 25.5. The lowest BCUT2D eigenvalue weighted by molar-refractivity contribution is 1.18. The smallest absolute Gasteiger partial charge is 0.0547 e. The number of hydrogen-bond donors (Lipinski definition) is 0. The molecule has 0 atom stereocenters. The van der Waals surface area contributed by atoms with Crippen LogP contribution >= 0.6 is 0 Å². The number of hydrogen-bond acceptors (Lipinski definition) is 0. The van der Waals surface area contributed by atoms with E-state index in [1.165, 1.54) is 122 Å². The largest absolute Gasteiger partial charge is 0.309 e. The molecule has 0 aliphatic heterocycles. The normalized spacial score (nSPS) is 11.5. The van der Waals surface area contributed by atoms with Crippen molar-refractivity contribution >= 4 is 43.6 Å². The lowest BCUT2D eigenvalue weighted by Gasteiger charge is -2.14. The zero-order valence-corrected chi connectivity index (χ0v) is 40.6. The maximum absolute atomic E-state index is 2.45. The standard InChI is InChI=1S/C72H48N2/c1-5-17-49(18-6-1)52-35-40-61(41-36-52)73-70-44-39-59(48-66(70)72-63(28-16-30-71(72)73)60-26-15-25-56(45-60)50-19-7-2-8-20-50)54-33-31-53(32-34-54)58-38-43-69-65(47-58)64-46-57(51-21-9-3-10-22-51)37-42-68(64)74(69)67-29-14-13-27-62(67)55-23-11-4-12-24-55/h1-48H. The molecule has 0 unspecified atom stereocenters. The van der Waals surface area contributed by atoms with Gasteiger partial charge in [0.1, 0.15) is 0 Å². The predicted molar refractivity (Wildman–Crippen MR) is 313 cm³/mol. The lowest BCUT2D eigenvalue weighted by atomic mass is 9.94. The van der Waals surface area contributed by atoms with E-state index in [0.29, 0.717) is 0 Å². The van der Waals surface area contributed by atoms with Crippen LogP contribution in [0.3, 0.4) is 0 Å². The maximum Gasteiger partial charge on any atom is 0.0547 e. The summed E-state index contributed by atoms with van der Waals surface area (Å²) in [6.45, 7) is 0. The van der Waals surface area contributed by atoms with E-state index in [-0.39, 0.29) is 0 Å². The minimum absolute atomic E-state index is 1.13. The Bertz CT molecular complexity index is 4360. The van der Waals surface area contributed by atoms with Crippen LogP contribution in [0.5, 0.6) is 0 Å². The lowest BCUT2D eigenvalue weighted by Crippen LogP contribution is -1.97. The number of fused-ring (bicyclic) bond motifs is 6. The van der Waals surface area contributed by atoms with Gasteiger partial charge in [-0.1, -0.05) is 224 Å². The minimum atomic E-state index is 1.13. The zero-order valence-electron chi connectivity index (χ0n) is 40.6. The Kier molecular flexibility index (Phi) is 10.6. The van der Waals surface area contributed by atoms with Gasteiger partial charge in [0.15, 0.2) is 0 Å². The summed E-state index contributed by atoms with van der Waals surface area (Å²) in [4.78, 5) is 0.